The summed E-state index contributed by atoms with van der Waals surface area (Å²) in [5.74, 6) is -0.908. The normalized spacial score (nSPS) is 12.9. The third-order valence-corrected chi connectivity index (χ3v) is 14.0. The van der Waals surface area contributed by atoms with Gasteiger partial charge in [0.25, 0.3) is 0 Å². The molecule has 6 nitrogen and oxygen atoms in total. The van der Waals surface area contributed by atoms with Crippen LogP contribution in [0.25, 0.3) is 0 Å². The number of hydrogen-bond acceptors (Lipinski definition) is 6. The molecule has 450 valence electrons. The molecule has 6 heteroatoms. The van der Waals surface area contributed by atoms with E-state index in [1.54, 1.807) is 0 Å². The Bertz CT molecular complexity index is 1640. The van der Waals surface area contributed by atoms with Gasteiger partial charge in [-0.25, -0.2) is 0 Å². The summed E-state index contributed by atoms with van der Waals surface area (Å²) in [7, 11) is 0. The molecule has 0 aliphatic rings. The lowest BCUT2D eigenvalue weighted by Crippen LogP contribution is -2.30. The fourth-order valence-electron chi connectivity index (χ4n) is 9.02. The maximum Gasteiger partial charge on any atom is 0.306 e. The van der Waals surface area contributed by atoms with Crippen LogP contribution in [-0.4, -0.2) is 37.2 Å². The van der Waals surface area contributed by atoms with Crippen LogP contribution in [0.4, 0.5) is 0 Å². The van der Waals surface area contributed by atoms with Gasteiger partial charge in [-0.05, 0) is 116 Å². The van der Waals surface area contributed by atoms with Gasteiger partial charge in [-0.1, -0.05) is 290 Å². The van der Waals surface area contributed by atoms with Crippen LogP contribution in [-0.2, 0) is 28.6 Å². The van der Waals surface area contributed by atoms with Gasteiger partial charge in [0.15, 0.2) is 6.10 Å². The molecule has 79 heavy (non-hydrogen) atoms. The van der Waals surface area contributed by atoms with E-state index < -0.39 is 6.10 Å². The Labute approximate surface area is 488 Å². The SMILES string of the molecule is CC/C=C\C/C=C\C/C=C\C/C=C\C/C=C\C/C=C\C/C=C\C/C=C\C/C=C\CCCCCCCC(=O)OCC(COC(=O)CCCCCCC/C=C\CCCCC)OC(=O)CCCCCCCCCCCCCCCCCC. The largest absolute Gasteiger partial charge is 0.462 e. The molecule has 0 saturated heterocycles. The fraction of sp³-hybridized carbons (Fsp3) is 0.685. The van der Waals surface area contributed by atoms with Crippen LogP contribution in [0.2, 0.25) is 0 Å². The molecular formula is C73H122O6. The third-order valence-electron chi connectivity index (χ3n) is 14.0. The molecule has 0 radical (unpaired) electrons. The highest BCUT2D eigenvalue weighted by Gasteiger charge is 2.19. The van der Waals surface area contributed by atoms with Crippen molar-refractivity contribution in [3.8, 4) is 0 Å². The Hall–Kier alpha value is -4.19. The Morgan fingerprint density at radius 2 is 0.494 bits per heavy atom. The molecule has 1 unspecified atom stereocenters. The highest BCUT2D eigenvalue weighted by atomic mass is 16.6. The Morgan fingerprint density at radius 3 is 0.810 bits per heavy atom. The number of carbonyl (C=O) groups excluding carboxylic acids is 3. The molecule has 0 aliphatic carbocycles. The minimum atomic E-state index is -0.790. The summed E-state index contributed by atoms with van der Waals surface area (Å²) >= 11 is 0. The lowest BCUT2D eigenvalue weighted by Gasteiger charge is -2.18. The summed E-state index contributed by atoms with van der Waals surface area (Å²) in [6.45, 7) is 6.50. The van der Waals surface area contributed by atoms with Crippen LogP contribution >= 0.6 is 0 Å². The highest BCUT2D eigenvalue weighted by molar-refractivity contribution is 5.71. The van der Waals surface area contributed by atoms with E-state index in [0.717, 1.165) is 141 Å². The molecule has 1 atom stereocenters. The van der Waals surface area contributed by atoms with Crippen molar-refractivity contribution in [2.45, 2.75) is 309 Å². The van der Waals surface area contributed by atoms with Gasteiger partial charge in [-0.15, -0.1) is 0 Å². The molecule has 0 aromatic rings. The number of ether oxygens (including phenoxy) is 3. The Kier molecular flexibility index (Phi) is 62.8. The summed E-state index contributed by atoms with van der Waals surface area (Å²) in [6, 6.07) is 0. The predicted molar refractivity (Wildman–Crippen MR) is 343 cm³/mol. The second kappa shape index (κ2) is 66.3. The van der Waals surface area contributed by atoms with Gasteiger partial charge in [0.1, 0.15) is 13.2 Å². The predicted octanol–water partition coefficient (Wildman–Crippen LogP) is 22.8. The molecular weight excluding hydrogens is 973 g/mol. The first-order chi connectivity index (χ1) is 39.0. The van der Waals surface area contributed by atoms with Crippen molar-refractivity contribution in [1.29, 1.82) is 0 Å². The van der Waals surface area contributed by atoms with Crippen molar-refractivity contribution in [2.75, 3.05) is 13.2 Å². The van der Waals surface area contributed by atoms with E-state index in [2.05, 4.69) is 142 Å². The van der Waals surface area contributed by atoms with Crippen LogP contribution in [0.3, 0.4) is 0 Å². The van der Waals surface area contributed by atoms with Gasteiger partial charge in [-0.2, -0.15) is 0 Å². The average Bonchev–Trinajstić information content (AvgIpc) is 3.45. The lowest BCUT2D eigenvalue weighted by atomic mass is 10.0. The van der Waals surface area contributed by atoms with Gasteiger partial charge in [0, 0.05) is 19.3 Å². The molecule has 0 heterocycles. The van der Waals surface area contributed by atoms with Crippen LogP contribution < -0.4 is 0 Å². The van der Waals surface area contributed by atoms with E-state index in [1.807, 2.05) is 0 Å². The molecule has 0 fully saturated rings. The second-order valence-electron chi connectivity index (χ2n) is 21.6. The van der Waals surface area contributed by atoms with Crippen molar-refractivity contribution in [1.82, 2.24) is 0 Å². The zero-order valence-electron chi connectivity index (χ0n) is 51.6. The summed E-state index contributed by atoms with van der Waals surface area (Å²) < 4.78 is 16.9. The summed E-state index contributed by atoms with van der Waals surface area (Å²) in [4.78, 5) is 38.3. The number of esters is 3. The van der Waals surface area contributed by atoms with Gasteiger partial charge in [0.2, 0.25) is 0 Å². The summed E-state index contributed by atoms with van der Waals surface area (Å²) in [5.41, 5.74) is 0. The van der Waals surface area contributed by atoms with Gasteiger partial charge >= 0.3 is 17.9 Å². The molecule has 0 spiro atoms. The molecule has 0 rings (SSSR count). The van der Waals surface area contributed by atoms with Crippen molar-refractivity contribution >= 4 is 17.9 Å². The molecule has 0 aromatic heterocycles. The van der Waals surface area contributed by atoms with E-state index in [-0.39, 0.29) is 31.1 Å². The maximum absolute atomic E-state index is 12.9. The van der Waals surface area contributed by atoms with Gasteiger partial charge in [0.05, 0.1) is 0 Å². The number of hydrogen-bond donors (Lipinski definition) is 0. The van der Waals surface area contributed by atoms with Gasteiger partial charge in [-0.3, -0.25) is 14.4 Å². The summed E-state index contributed by atoms with van der Waals surface area (Å²) in [5, 5.41) is 0. The summed E-state index contributed by atoms with van der Waals surface area (Å²) in [6.07, 6.45) is 92.1. The van der Waals surface area contributed by atoms with Crippen molar-refractivity contribution in [3.63, 3.8) is 0 Å². The van der Waals surface area contributed by atoms with Crippen molar-refractivity contribution < 1.29 is 28.6 Å². The molecule has 0 aliphatic heterocycles. The molecule has 0 bridgehead atoms. The topological polar surface area (TPSA) is 78.9 Å². The van der Waals surface area contributed by atoms with E-state index in [4.69, 9.17) is 14.2 Å². The third kappa shape index (κ3) is 64.5. The average molecular weight is 1100 g/mol. The molecule has 0 amide bonds. The molecule has 0 aromatic carbocycles. The van der Waals surface area contributed by atoms with Crippen molar-refractivity contribution in [3.05, 3.63) is 122 Å². The maximum atomic E-state index is 12.9. The van der Waals surface area contributed by atoms with Crippen LogP contribution in [0.1, 0.15) is 303 Å². The fourth-order valence-corrected chi connectivity index (χ4v) is 9.02. The lowest BCUT2D eigenvalue weighted by molar-refractivity contribution is -0.167. The minimum absolute atomic E-state index is 0.0875. The number of unbranched alkanes of at least 4 members (excludes halogenated alkanes) is 28. The van der Waals surface area contributed by atoms with Crippen LogP contribution in [0, 0.1) is 0 Å². The number of carbonyl (C=O) groups is 3. The number of rotatable bonds is 59. The van der Waals surface area contributed by atoms with Crippen LogP contribution in [0.5, 0.6) is 0 Å². The smallest absolute Gasteiger partial charge is 0.306 e. The standard InChI is InChI=1S/C73H122O6/c1-4-7-10-13-16-19-22-25-27-29-30-31-32-33-34-35-36-37-38-39-40-41-42-43-44-45-47-48-51-54-57-60-63-66-72(75)78-69-70(68-77-71(74)65-62-59-56-53-50-24-21-18-15-12-9-6-3)79-73(76)67-64-61-58-55-52-49-46-28-26-23-20-17-14-11-8-5-2/h7,10,16,18-19,21,25,27,30-31,33-34,36-37,39-40,42-43,45,47,70H,4-6,8-9,11-15,17,20,22-24,26,28-29,32,35,38,41,44,46,48-69H2,1-3H3/b10-7-,19-16-,21-18-,27-25-,31-30-,34-33-,37-36-,40-39-,43-42-,47-45-. The van der Waals surface area contributed by atoms with E-state index in [0.29, 0.717) is 19.3 Å². The van der Waals surface area contributed by atoms with Crippen LogP contribution in [0.15, 0.2) is 122 Å². The molecule has 0 N–H and O–H groups in total. The minimum Gasteiger partial charge on any atom is -0.462 e. The van der Waals surface area contributed by atoms with Crippen molar-refractivity contribution in [2.24, 2.45) is 0 Å². The van der Waals surface area contributed by atoms with E-state index >= 15 is 0 Å². The Morgan fingerprint density at radius 1 is 0.266 bits per heavy atom. The monoisotopic (exact) mass is 1090 g/mol. The quantitative estimate of drug-likeness (QED) is 0.0261. The molecule has 0 saturated carbocycles. The first-order valence-electron chi connectivity index (χ1n) is 33.0. The van der Waals surface area contributed by atoms with E-state index in [1.165, 1.54) is 122 Å². The second-order valence-corrected chi connectivity index (χ2v) is 21.6. The zero-order valence-corrected chi connectivity index (χ0v) is 51.6. The zero-order chi connectivity index (χ0) is 57.1. The first-order valence-corrected chi connectivity index (χ1v) is 33.0. The highest BCUT2D eigenvalue weighted by Crippen LogP contribution is 2.16. The van der Waals surface area contributed by atoms with E-state index in [9.17, 15) is 14.4 Å². The number of allylic oxidation sites excluding steroid dienone is 20. The van der Waals surface area contributed by atoms with Gasteiger partial charge < -0.3 is 14.2 Å². The first kappa shape index (κ1) is 74.8. The Balaban J connectivity index is 4.30.